The molecule has 25 heavy (non-hydrogen) atoms. The van der Waals surface area contributed by atoms with E-state index in [-0.39, 0.29) is 24.6 Å². The third kappa shape index (κ3) is 4.27. The monoisotopic (exact) mass is 380 g/mol. The van der Waals surface area contributed by atoms with Gasteiger partial charge in [0.25, 0.3) is 0 Å². The SMILES string of the molecule is O=S(=O)(Cc1ccccc1)N1CCCN1S(=O)(=O)Cc1ccccc1. The molecule has 2 aromatic rings. The molecular formula is C17H20N2O4S2. The first-order valence-electron chi connectivity index (χ1n) is 7.97. The summed E-state index contributed by atoms with van der Waals surface area (Å²) >= 11 is 0. The molecule has 0 amide bonds. The van der Waals surface area contributed by atoms with Gasteiger partial charge in [-0.1, -0.05) is 60.7 Å². The highest BCUT2D eigenvalue weighted by Crippen LogP contribution is 2.24. The maximum absolute atomic E-state index is 12.7. The summed E-state index contributed by atoms with van der Waals surface area (Å²) in [6.07, 6.45) is 0.488. The Morgan fingerprint density at radius 2 is 1.00 bits per heavy atom. The number of nitrogens with zero attached hydrogens (tertiary/aromatic N) is 2. The molecule has 1 heterocycles. The second-order valence-corrected chi connectivity index (χ2v) is 9.68. The third-order valence-electron chi connectivity index (χ3n) is 3.97. The minimum atomic E-state index is -3.76. The zero-order valence-corrected chi connectivity index (χ0v) is 15.3. The quantitative estimate of drug-likeness (QED) is 0.768. The number of benzene rings is 2. The summed E-state index contributed by atoms with van der Waals surface area (Å²) in [5.74, 6) is -0.434. The summed E-state index contributed by atoms with van der Waals surface area (Å²) in [4.78, 5) is 0. The summed E-state index contributed by atoms with van der Waals surface area (Å²) in [5.41, 5.74) is 1.27. The number of hydrazine groups is 1. The Morgan fingerprint density at radius 1 is 0.640 bits per heavy atom. The lowest BCUT2D eigenvalue weighted by molar-refractivity contribution is 0.233. The molecule has 0 unspecified atom stereocenters. The summed E-state index contributed by atoms with van der Waals surface area (Å²) in [5, 5.41) is 0. The fraction of sp³-hybridized carbons (Fsp3) is 0.294. The van der Waals surface area contributed by atoms with Gasteiger partial charge in [0.1, 0.15) is 0 Å². The second-order valence-electron chi connectivity index (χ2n) is 5.93. The van der Waals surface area contributed by atoms with Crippen LogP contribution >= 0.6 is 0 Å². The van der Waals surface area contributed by atoms with Gasteiger partial charge in [-0.15, -0.1) is 8.83 Å². The first-order valence-corrected chi connectivity index (χ1v) is 11.2. The zero-order valence-electron chi connectivity index (χ0n) is 13.7. The van der Waals surface area contributed by atoms with Crippen molar-refractivity contribution in [2.45, 2.75) is 17.9 Å². The molecule has 0 saturated carbocycles. The van der Waals surface area contributed by atoms with E-state index >= 15 is 0 Å². The van der Waals surface area contributed by atoms with Crippen LogP contribution in [0.3, 0.4) is 0 Å². The number of hydrogen-bond acceptors (Lipinski definition) is 4. The van der Waals surface area contributed by atoms with Crippen LogP contribution in [0.5, 0.6) is 0 Å². The minimum absolute atomic E-state index is 0.184. The molecule has 0 atom stereocenters. The van der Waals surface area contributed by atoms with Crippen molar-refractivity contribution in [3.8, 4) is 0 Å². The first-order chi connectivity index (χ1) is 11.9. The van der Waals surface area contributed by atoms with Gasteiger partial charge in [-0.2, -0.15) is 0 Å². The van der Waals surface area contributed by atoms with Crippen LogP contribution < -0.4 is 0 Å². The van der Waals surface area contributed by atoms with Crippen molar-refractivity contribution < 1.29 is 16.8 Å². The van der Waals surface area contributed by atoms with Gasteiger partial charge in [-0.3, -0.25) is 0 Å². The van der Waals surface area contributed by atoms with Crippen molar-refractivity contribution in [2.24, 2.45) is 0 Å². The van der Waals surface area contributed by atoms with Crippen molar-refractivity contribution in [3.63, 3.8) is 0 Å². The van der Waals surface area contributed by atoms with Crippen LogP contribution in [-0.2, 0) is 31.6 Å². The maximum Gasteiger partial charge on any atom is 0.232 e. The molecule has 1 fully saturated rings. The second kappa shape index (κ2) is 7.25. The summed E-state index contributed by atoms with van der Waals surface area (Å²) in [6, 6.07) is 17.5. The third-order valence-corrected chi connectivity index (χ3v) is 7.52. The predicted molar refractivity (Wildman–Crippen MR) is 96.2 cm³/mol. The summed E-state index contributed by atoms with van der Waals surface area (Å²) in [6.45, 7) is 0.367. The van der Waals surface area contributed by atoms with Crippen LogP contribution in [0.25, 0.3) is 0 Å². The van der Waals surface area contributed by atoms with Crippen molar-refractivity contribution in [2.75, 3.05) is 13.1 Å². The van der Waals surface area contributed by atoms with E-state index in [1.54, 1.807) is 48.5 Å². The van der Waals surface area contributed by atoms with Crippen LogP contribution in [-0.4, -0.2) is 38.8 Å². The van der Waals surface area contributed by atoms with E-state index in [9.17, 15) is 16.8 Å². The molecule has 0 radical (unpaired) electrons. The van der Waals surface area contributed by atoms with Crippen LogP contribution in [0.1, 0.15) is 17.5 Å². The van der Waals surface area contributed by atoms with E-state index in [0.29, 0.717) is 17.5 Å². The molecule has 0 aliphatic carbocycles. The number of hydrogen-bond donors (Lipinski definition) is 0. The van der Waals surface area contributed by atoms with Crippen molar-refractivity contribution >= 4 is 20.0 Å². The van der Waals surface area contributed by atoms with Gasteiger partial charge in [-0.25, -0.2) is 16.8 Å². The van der Waals surface area contributed by atoms with Gasteiger partial charge in [0.05, 0.1) is 11.5 Å². The molecule has 0 spiro atoms. The normalized spacial score (nSPS) is 17.0. The minimum Gasteiger partial charge on any atom is -0.211 e. The Kier molecular flexibility index (Phi) is 5.24. The number of sulfonamides is 2. The Balaban J connectivity index is 1.82. The molecular weight excluding hydrogens is 360 g/mol. The van der Waals surface area contributed by atoms with Gasteiger partial charge >= 0.3 is 0 Å². The highest BCUT2D eigenvalue weighted by atomic mass is 32.2. The molecule has 6 nitrogen and oxygen atoms in total. The lowest BCUT2D eigenvalue weighted by Crippen LogP contribution is -2.45. The van der Waals surface area contributed by atoms with E-state index in [2.05, 4.69) is 0 Å². The summed E-state index contributed by atoms with van der Waals surface area (Å²) < 4.78 is 53.0. The highest BCUT2D eigenvalue weighted by molar-refractivity contribution is 7.91. The van der Waals surface area contributed by atoms with Crippen molar-refractivity contribution in [1.29, 1.82) is 0 Å². The lowest BCUT2D eigenvalue weighted by atomic mass is 10.2. The number of rotatable bonds is 6. The maximum atomic E-state index is 12.7. The Hall–Kier alpha value is -1.74. The van der Waals surface area contributed by atoms with Gasteiger partial charge < -0.3 is 0 Å². The molecule has 134 valence electrons. The molecule has 0 bridgehead atoms. The lowest BCUT2D eigenvalue weighted by Gasteiger charge is -2.26. The Morgan fingerprint density at radius 3 is 1.36 bits per heavy atom. The van der Waals surface area contributed by atoms with E-state index in [1.807, 2.05) is 12.1 Å². The molecule has 8 heteroatoms. The van der Waals surface area contributed by atoms with Crippen LogP contribution in [0.4, 0.5) is 0 Å². The topological polar surface area (TPSA) is 74.8 Å². The smallest absolute Gasteiger partial charge is 0.211 e. The largest absolute Gasteiger partial charge is 0.232 e. The van der Waals surface area contributed by atoms with E-state index in [1.165, 1.54) is 0 Å². The van der Waals surface area contributed by atoms with Gasteiger partial charge in [0.15, 0.2) is 0 Å². The molecule has 3 rings (SSSR count). The average molecular weight is 380 g/mol. The molecule has 1 aliphatic heterocycles. The Bertz CT molecular complexity index is 836. The first kappa shape index (κ1) is 18.1. The molecule has 0 N–H and O–H groups in total. The molecule has 1 aliphatic rings. The van der Waals surface area contributed by atoms with Gasteiger partial charge in [-0.05, 0) is 17.5 Å². The van der Waals surface area contributed by atoms with Gasteiger partial charge in [0.2, 0.25) is 20.0 Å². The van der Waals surface area contributed by atoms with Gasteiger partial charge in [0, 0.05) is 13.1 Å². The van der Waals surface area contributed by atoms with Crippen LogP contribution in [0, 0.1) is 0 Å². The van der Waals surface area contributed by atoms with E-state index < -0.39 is 20.0 Å². The average Bonchev–Trinajstić information content (AvgIpc) is 3.08. The molecule has 0 aromatic heterocycles. The summed E-state index contributed by atoms with van der Waals surface area (Å²) in [7, 11) is -7.52. The van der Waals surface area contributed by atoms with E-state index in [0.717, 1.165) is 8.83 Å². The highest BCUT2D eigenvalue weighted by Gasteiger charge is 2.39. The fourth-order valence-electron chi connectivity index (χ4n) is 2.84. The van der Waals surface area contributed by atoms with Crippen molar-refractivity contribution in [3.05, 3.63) is 71.8 Å². The van der Waals surface area contributed by atoms with Crippen LogP contribution in [0.15, 0.2) is 60.7 Å². The Labute approximate surface area is 148 Å². The van der Waals surface area contributed by atoms with Crippen LogP contribution in [0.2, 0.25) is 0 Å². The predicted octanol–water partition coefficient (Wildman–Crippen LogP) is 1.97. The zero-order chi connectivity index (χ0) is 17.9. The van der Waals surface area contributed by atoms with Crippen molar-refractivity contribution in [1.82, 2.24) is 8.83 Å². The standard InChI is InChI=1S/C17H20N2O4S2/c20-24(21,14-16-8-3-1-4-9-16)18-12-7-13-19(18)25(22,23)15-17-10-5-2-6-11-17/h1-6,8-11H,7,12-15H2. The molecule has 2 aromatic carbocycles. The fourth-order valence-corrected chi connectivity index (χ4v) is 6.51. The molecule has 1 saturated heterocycles. The van der Waals surface area contributed by atoms with E-state index in [4.69, 9.17) is 0 Å².